The van der Waals surface area contributed by atoms with Crippen molar-refractivity contribution in [1.82, 2.24) is 5.32 Å². The summed E-state index contributed by atoms with van der Waals surface area (Å²) in [4.78, 5) is 22.5. The highest BCUT2D eigenvalue weighted by Crippen LogP contribution is 2.24. The number of amides is 1. The average Bonchev–Trinajstić information content (AvgIpc) is 2.30. The minimum atomic E-state index is -1.46. The number of hydrogen-bond donors (Lipinski definition) is 2. The monoisotopic (exact) mass is 301 g/mol. The fourth-order valence-corrected chi connectivity index (χ4v) is 1.50. The molecule has 0 aliphatic carbocycles. The third-order valence-electron chi connectivity index (χ3n) is 2.41. The van der Waals surface area contributed by atoms with Crippen molar-refractivity contribution in [2.24, 2.45) is 0 Å². The van der Waals surface area contributed by atoms with Crippen LogP contribution in [-0.4, -0.2) is 28.6 Å². The number of benzene rings is 1. The topological polar surface area (TPSA) is 75.6 Å². The van der Waals surface area contributed by atoms with Crippen molar-refractivity contribution in [3.05, 3.63) is 29.3 Å². The number of ether oxygens (including phenoxy) is 1. The molecule has 1 aromatic carbocycles. The molecule has 1 aromatic rings. The first-order valence-electron chi connectivity index (χ1n) is 6.22. The van der Waals surface area contributed by atoms with Gasteiger partial charge < -0.3 is 15.2 Å². The van der Waals surface area contributed by atoms with Gasteiger partial charge in [-0.3, -0.25) is 4.79 Å². The van der Waals surface area contributed by atoms with Gasteiger partial charge in [-0.15, -0.1) is 0 Å². The van der Waals surface area contributed by atoms with Gasteiger partial charge in [-0.25, -0.2) is 13.6 Å². The molecule has 116 valence electrons. The highest BCUT2D eigenvalue weighted by Gasteiger charge is 2.24. The molecule has 0 saturated heterocycles. The normalized spacial score (nSPS) is 12.7. The Morgan fingerprint density at radius 1 is 1.24 bits per heavy atom. The Morgan fingerprint density at radius 3 is 2.10 bits per heavy atom. The number of carbonyl (C=O) groups excluding carboxylic acids is 1. The number of carbonyl (C=O) groups is 2. The van der Waals surface area contributed by atoms with Gasteiger partial charge in [0, 0.05) is 5.54 Å². The SMILES string of the molecule is CC(Oc1c(F)cc(C(=O)O)cc1F)C(=O)NC(C)(C)C. The first-order valence-corrected chi connectivity index (χ1v) is 6.22. The molecular formula is C14H17F2NO4. The molecule has 2 N–H and O–H groups in total. The van der Waals surface area contributed by atoms with Crippen LogP contribution in [0.1, 0.15) is 38.1 Å². The van der Waals surface area contributed by atoms with Gasteiger partial charge in [0.25, 0.3) is 5.91 Å². The van der Waals surface area contributed by atoms with E-state index >= 15 is 0 Å². The molecule has 0 heterocycles. The summed E-state index contributed by atoms with van der Waals surface area (Å²) >= 11 is 0. The Morgan fingerprint density at radius 2 is 1.71 bits per heavy atom. The lowest BCUT2D eigenvalue weighted by Gasteiger charge is -2.23. The third kappa shape index (κ3) is 4.70. The maximum Gasteiger partial charge on any atom is 0.335 e. The highest BCUT2D eigenvalue weighted by molar-refractivity contribution is 5.87. The predicted octanol–water partition coefficient (Wildman–Crippen LogP) is 2.35. The third-order valence-corrected chi connectivity index (χ3v) is 2.41. The summed E-state index contributed by atoms with van der Waals surface area (Å²) in [5, 5.41) is 11.3. The smallest absolute Gasteiger partial charge is 0.335 e. The van der Waals surface area contributed by atoms with E-state index in [1.807, 2.05) is 0 Å². The van der Waals surface area contributed by atoms with Gasteiger partial charge in [-0.1, -0.05) is 0 Å². The van der Waals surface area contributed by atoms with Crippen molar-refractivity contribution in [1.29, 1.82) is 0 Å². The molecule has 1 rings (SSSR count). The fraction of sp³-hybridized carbons (Fsp3) is 0.429. The largest absolute Gasteiger partial charge is 0.478 e. The molecule has 1 atom stereocenters. The number of carboxylic acid groups (broad SMARTS) is 1. The van der Waals surface area contributed by atoms with Crippen molar-refractivity contribution in [3.8, 4) is 5.75 Å². The fourth-order valence-electron chi connectivity index (χ4n) is 1.50. The zero-order chi connectivity index (χ0) is 16.4. The van der Waals surface area contributed by atoms with Crippen LogP contribution in [0.15, 0.2) is 12.1 Å². The quantitative estimate of drug-likeness (QED) is 0.895. The number of nitrogens with one attached hydrogen (secondary N) is 1. The number of rotatable bonds is 4. The Balaban J connectivity index is 2.93. The lowest BCUT2D eigenvalue weighted by molar-refractivity contribution is -0.128. The number of carboxylic acids is 1. The molecule has 1 unspecified atom stereocenters. The van der Waals surface area contributed by atoms with Gasteiger partial charge in [0.2, 0.25) is 0 Å². The summed E-state index contributed by atoms with van der Waals surface area (Å²) in [7, 11) is 0. The minimum absolute atomic E-state index is 0.515. The van der Waals surface area contributed by atoms with E-state index in [1.54, 1.807) is 20.8 Å². The second-order valence-corrected chi connectivity index (χ2v) is 5.57. The summed E-state index contributed by atoms with van der Waals surface area (Å²) in [5.41, 5.74) is -1.05. The second-order valence-electron chi connectivity index (χ2n) is 5.57. The molecule has 0 aromatic heterocycles. The Kier molecular flexibility index (Phi) is 4.88. The van der Waals surface area contributed by atoms with Crippen molar-refractivity contribution in [2.75, 3.05) is 0 Å². The van der Waals surface area contributed by atoms with Crippen LogP contribution in [0.25, 0.3) is 0 Å². The van der Waals surface area contributed by atoms with Gasteiger partial charge in [-0.05, 0) is 39.8 Å². The second kappa shape index (κ2) is 6.07. The molecule has 0 spiro atoms. The van der Waals surface area contributed by atoms with Crippen molar-refractivity contribution in [2.45, 2.75) is 39.3 Å². The van der Waals surface area contributed by atoms with E-state index in [2.05, 4.69) is 5.32 Å². The van der Waals surface area contributed by atoms with Crippen LogP contribution in [0, 0.1) is 11.6 Å². The van der Waals surface area contributed by atoms with E-state index in [0.717, 1.165) is 0 Å². The van der Waals surface area contributed by atoms with E-state index in [1.165, 1.54) is 6.92 Å². The zero-order valence-electron chi connectivity index (χ0n) is 12.2. The van der Waals surface area contributed by atoms with E-state index < -0.39 is 46.5 Å². The molecule has 0 fully saturated rings. The van der Waals surface area contributed by atoms with Crippen molar-refractivity contribution in [3.63, 3.8) is 0 Å². The Labute approximate surface area is 120 Å². The van der Waals surface area contributed by atoms with Gasteiger partial charge >= 0.3 is 5.97 Å². The molecule has 1 amide bonds. The Hall–Kier alpha value is -2.18. The highest BCUT2D eigenvalue weighted by atomic mass is 19.1. The van der Waals surface area contributed by atoms with Crippen LogP contribution in [0.4, 0.5) is 8.78 Å². The van der Waals surface area contributed by atoms with Crippen molar-refractivity contribution >= 4 is 11.9 Å². The maximum atomic E-state index is 13.7. The van der Waals surface area contributed by atoms with Gasteiger partial charge in [0.1, 0.15) is 0 Å². The molecule has 0 radical (unpaired) electrons. The standard InChI is InChI=1S/C14H17F2NO4/c1-7(12(18)17-14(2,3)4)21-11-9(15)5-8(13(19)20)6-10(11)16/h5-7H,1-4H3,(H,17,18)(H,19,20). The first-order chi connectivity index (χ1) is 9.51. The molecule has 7 heteroatoms. The average molecular weight is 301 g/mol. The van der Waals surface area contributed by atoms with E-state index in [0.29, 0.717) is 12.1 Å². The molecular weight excluding hydrogens is 284 g/mol. The molecule has 0 aliphatic heterocycles. The lowest BCUT2D eigenvalue weighted by atomic mass is 10.1. The molecule has 21 heavy (non-hydrogen) atoms. The zero-order valence-corrected chi connectivity index (χ0v) is 12.2. The summed E-state index contributed by atoms with van der Waals surface area (Å²) < 4.78 is 32.3. The number of halogens is 2. The summed E-state index contributed by atoms with van der Waals surface area (Å²) in [6.07, 6.45) is -1.14. The van der Waals surface area contributed by atoms with Crippen LogP contribution >= 0.6 is 0 Å². The minimum Gasteiger partial charge on any atom is -0.478 e. The van der Waals surface area contributed by atoms with Gasteiger partial charge in [0.15, 0.2) is 23.5 Å². The van der Waals surface area contributed by atoms with Crippen LogP contribution < -0.4 is 10.1 Å². The van der Waals surface area contributed by atoms with Crippen LogP contribution in [-0.2, 0) is 4.79 Å². The molecule has 0 aliphatic rings. The number of aromatic carboxylic acids is 1. The van der Waals surface area contributed by atoms with E-state index in [4.69, 9.17) is 9.84 Å². The first kappa shape index (κ1) is 16.9. The van der Waals surface area contributed by atoms with E-state index in [-0.39, 0.29) is 0 Å². The molecule has 0 bridgehead atoms. The van der Waals surface area contributed by atoms with Gasteiger partial charge in [0.05, 0.1) is 5.56 Å². The summed E-state index contributed by atoms with van der Waals surface area (Å²) in [6.45, 7) is 6.59. The van der Waals surface area contributed by atoms with Gasteiger partial charge in [-0.2, -0.15) is 0 Å². The Bertz CT molecular complexity index is 544. The maximum absolute atomic E-state index is 13.7. The summed E-state index contributed by atoms with van der Waals surface area (Å²) in [6, 6.07) is 1.27. The molecule has 0 saturated carbocycles. The predicted molar refractivity (Wildman–Crippen MR) is 71.3 cm³/mol. The van der Waals surface area contributed by atoms with Crippen LogP contribution in [0.2, 0.25) is 0 Å². The molecule has 5 nitrogen and oxygen atoms in total. The van der Waals surface area contributed by atoms with Crippen LogP contribution in [0.3, 0.4) is 0 Å². The lowest BCUT2D eigenvalue weighted by Crippen LogP contribution is -2.46. The van der Waals surface area contributed by atoms with Crippen LogP contribution in [0.5, 0.6) is 5.75 Å². The van der Waals surface area contributed by atoms with E-state index in [9.17, 15) is 18.4 Å². The number of hydrogen-bond acceptors (Lipinski definition) is 3. The summed E-state index contributed by atoms with van der Waals surface area (Å²) in [5.74, 6) is -5.14. The van der Waals surface area contributed by atoms with Crippen molar-refractivity contribution < 1.29 is 28.2 Å².